The Hall–Kier alpha value is -3.33. The molecule has 5 rings (SSSR count). The first-order valence-electron chi connectivity index (χ1n) is 7.90. The number of thiazole rings is 1. The highest BCUT2D eigenvalue weighted by molar-refractivity contribution is 7.16. The predicted octanol–water partition coefficient (Wildman–Crippen LogP) is 2.51. The minimum atomic E-state index is -0.220. The molecule has 0 amide bonds. The van der Waals surface area contributed by atoms with Gasteiger partial charge in [0.25, 0.3) is 11.4 Å². The average Bonchev–Trinajstić information content (AvgIpc) is 3.35. The van der Waals surface area contributed by atoms with Crippen molar-refractivity contribution in [3.8, 4) is 11.5 Å². The molecule has 0 saturated carbocycles. The number of nitrogens with zero attached hydrogens (tertiary/aromatic N) is 6. The van der Waals surface area contributed by atoms with Gasteiger partial charge in [0.05, 0.1) is 23.9 Å². The van der Waals surface area contributed by atoms with Crippen LogP contribution in [0.1, 0.15) is 10.7 Å². The molecule has 128 valence electrons. The topological polar surface area (TPSA) is 91.1 Å². The highest BCUT2D eigenvalue weighted by atomic mass is 32.1. The highest BCUT2D eigenvalue weighted by Crippen LogP contribution is 2.18. The number of hydrogen-bond donors (Lipinski definition) is 0. The third-order valence-corrected chi connectivity index (χ3v) is 4.97. The molecule has 0 radical (unpaired) electrons. The summed E-state index contributed by atoms with van der Waals surface area (Å²) in [4.78, 5) is 27.3. The summed E-state index contributed by atoms with van der Waals surface area (Å²) in [6.45, 7) is 2.33. The number of hydrogen-bond acceptors (Lipinski definition) is 7. The van der Waals surface area contributed by atoms with Crippen LogP contribution in [0.2, 0.25) is 0 Å². The first-order valence-corrected chi connectivity index (χ1v) is 8.71. The van der Waals surface area contributed by atoms with Gasteiger partial charge in [0.15, 0.2) is 10.8 Å². The van der Waals surface area contributed by atoms with Crippen LogP contribution >= 0.6 is 11.3 Å². The van der Waals surface area contributed by atoms with E-state index in [0.29, 0.717) is 17.3 Å². The first kappa shape index (κ1) is 15.0. The zero-order chi connectivity index (χ0) is 17.7. The van der Waals surface area contributed by atoms with Gasteiger partial charge < -0.3 is 9.09 Å². The normalized spacial score (nSPS) is 11.6. The van der Waals surface area contributed by atoms with E-state index in [0.717, 1.165) is 15.9 Å². The molecule has 0 atom stereocenters. The van der Waals surface area contributed by atoms with Crippen molar-refractivity contribution in [1.29, 1.82) is 0 Å². The van der Waals surface area contributed by atoms with Gasteiger partial charge in [0.1, 0.15) is 5.56 Å². The van der Waals surface area contributed by atoms with E-state index < -0.39 is 0 Å². The smallest absolute Gasteiger partial charge is 0.271 e. The van der Waals surface area contributed by atoms with Gasteiger partial charge in [0.2, 0.25) is 0 Å². The highest BCUT2D eigenvalue weighted by Gasteiger charge is 2.16. The van der Waals surface area contributed by atoms with Crippen molar-refractivity contribution in [2.24, 2.45) is 0 Å². The molecule has 4 aromatic heterocycles. The molecule has 0 aliphatic rings. The molecule has 5 aromatic rings. The summed E-state index contributed by atoms with van der Waals surface area (Å²) in [5.41, 5.74) is 1.95. The van der Waals surface area contributed by atoms with Crippen molar-refractivity contribution in [3.63, 3.8) is 0 Å². The molecule has 0 N–H and O–H groups in total. The molecular formula is C17H12N6O2S. The van der Waals surface area contributed by atoms with Crippen molar-refractivity contribution < 1.29 is 4.52 Å². The SMILES string of the molecule is Cc1cn2c(=O)c(-c3nc(Cn4cnc5ccccc54)no3)cnc2s1. The Morgan fingerprint density at radius 1 is 1.23 bits per heavy atom. The number of aryl methyl sites for hydroxylation is 1. The Morgan fingerprint density at radius 2 is 2.12 bits per heavy atom. The van der Waals surface area contributed by atoms with Crippen LogP contribution in [0.15, 0.2) is 52.3 Å². The number of fused-ring (bicyclic) bond motifs is 2. The van der Waals surface area contributed by atoms with Gasteiger partial charge >= 0.3 is 0 Å². The van der Waals surface area contributed by atoms with Crippen molar-refractivity contribution in [2.75, 3.05) is 0 Å². The predicted molar refractivity (Wildman–Crippen MR) is 96.2 cm³/mol. The Kier molecular flexibility index (Phi) is 3.22. The fraction of sp³-hybridized carbons (Fsp3) is 0.118. The van der Waals surface area contributed by atoms with E-state index >= 15 is 0 Å². The number of benzene rings is 1. The van der Waals surface area contributed by atoms with Crippen molar-refractivity contribution in [2.45, 2.75) is 13.5 Å². The molecule has 0 saturated heterocycles. The molecule has 0 bridgehead atoms. The second-order valence-corrected chi connectivity index (χ2v) is 7.06. The summed E-state index contributed by atoms with van der Waals surface area (Å²) >= 11 is 1.45. The van der Waals surface area contributed by atoms with Crippen molar-refractivity contribution >= 4 is 27.3 Å². The van der Waals surface area contributed by atoms with Crippen LogP contribution in [0.3, 0.4) is 0 Å². The lowest BCUT2D eigenvalue weighted by molar-refractivity contribution is 0.420. The van der Waals surface area contributed by atoms with Gasteiger partial charge in [-0.1, -0.05) is 17.3 Å². The van der Waals surface area contributed by atoms with E-state index in [2.05, 4.69) is 20.1 Å². The second kappa shape index (κ2) is 5.60. The number of imidazole rings is 1. The maximum atomic E-state index is 12.6. The fourth-order valence-corrected chi connectivity index (χ4v) is 3.64. The second-order valence-electron chi connectivity index (χ2n) is 5.85. The molecular weight excluding hydrogens is 352 g/mol. The maximum Gasteiger partial charge on any atom is 0.271 e. The van der Waals surface area contributed by atoms with Gasteiger partial charge in [-0.25, -0.2) is 9.97 Å². The third-order valence-electron chi connectivity index (χ3n) is 4.06. The van der Waals surface area contributed by atoms with Crippen molar-refractivity contribution in [1.82, 2.24) is 29.1 Å². The van der Waals surface area contributed by atoms with E-state index in [-0.39, 0.29) is 17.0 Å². The quantitative estimate of drug-likeness (QED) is 0.488. The first-order chi connectivity index (χ1) is 12.7. The molecule has 4 heterocycles. The Balaban J connectivity index is 1.52. The van der Waals surface area contributed by atoms with Crippen LogP contribution < -0.4 is 5.56 Å². The zero-order valence-electron chi connectivity index (χ0n) is 13.7. The Labute approximate surface area is 150 Å². The number of rotatable bonds is 3. The average molecular weight is 364 g/mol. The molecule has 9 heteroatoms. The van der Waals surface area contributed by atoms with Crippen molar-refractivity contribution in [3.05, 3.63) is 64.0 Å². The minimum absolute atomic E-state index is 0.167. The van der Waals surface area contributed by atoms with Gasteiger partial charge in [-0.2, -0.15) is 4.98 Å². The van der Waals surface area contributed by atoms with Crippen LogP contribution in [0.5, 0.6) is 0 Å². The van der Waals surface area contributed by atoms with Crippen LogP contribution in [0.4, 0.5) is 0 Å². The summed E-state index contributed by atoms with van der Waals surface area (Å²) in [6, 6.07) is 7.81. The lowest BCUT2D eigenvalue weighted by Gasteiger charge is -1.99. The maximum absolute atomic E-state index is 12.6. The van der Waals surface area contributed by atoms with Gasteiger partial charge in [-0.15, -0.1) is 11.3 Å². The van der Waals surface area contributed by atoms with E-state index in [4.69, 9.17) is 4.52 Å². The van der Waals surface area contributed by atoms with E-state index in [1.807, 2.05) is 35.8 Å². The zero-order valence-corrected chi connectivity index (χ0v) is 14.5. The standard InChI is InChI=1S/C17H12N6O2S/c1-10-7-23-16(24)11(6-18-17(23)26-10)15-20-14(21-25-15)8-22-9-19-12-4-2-3-5-13(12)22/h2-7,9H,8H2,1H3. The minimum Gasteiger partial charge on any atom is -0.334 e. The molecule has 0 spiro atoms. The fourth-order valence-electron chi connectivity index (χ4n) is 2.86. The summed E-state index contributed by atoms with van der Waals surface area (Å²) in [7, 11) is 0. The van der Waals surface area contributed by atoms with Crippen LogP contribution in [-0.4, -0.2) is 29.1 Å². The molecule has 0 aliphatic carbocycles. The summed E-state index contributed by atoms with van der Waals surface area (Å²) in [5.74, 6) is 0.634. The van der Waals surface area contributed by atoms with Crippen LogP contribution in [-0.2, 0) is 6.54 Å². The van der Waals surface area contributed by atoms with Crippen LogP contribution in [0, 0.1) is 6.92 Å². The van der Waals surface area contributed by atoms with E-state index in [1.165, 1.54) is 21.9 Å². The van der Waals surface area contributed by atoms with Gasteiger partial charge in [0, 0.05) is 17.3 Å². The third kappa shape index (κ3) is 2.32. The van der Waals surface area contributed by atoms with Gasteiger partial charge in [-0.05, 0) is 19.1 Å². The molecule has 0 unspecified atom stereocenters. The molecule has 0 aliphatic heterocycles. The lowest BCUT2D eigenvalue weighted by atomic mass is 10.3. The van der Waals surface area contributed by atoms with E-state index in [9.17, 15) is 4.79 Å². The number of aromatic nitrogens is 6. The summed E-state index contributed by atoms with van der Waals surface area (Å²) in [6.07, 6.45) is 4.97. The molecule has 1 aromatic carbocycles. The molecule has 26 heavy (non-hydrogen) atoms. The van der Waals surface area contributed by atoms with Crippen LogP contribution in [0.25, 0.3) is 27.4 Å². The Morgan fingerprint density at radius 3 is 3.04 bits per heavy atom. The lowest BCUT2D eigenvalue weighted by Crippen LogP contribution is -2.14. The van der Waals surface area contributed by atoms with Gasteiger partial charge in [-0.3, -0.25) is 9.20 Å². The Bertz CT molecular complexity index is 1310. The summed E-state index contributed by atoms with van der Waals surface area (Å²) < 4.78 is 8.74. The molecule has 8 nitrogen and oxygen atoms in total. The summed E-state index contributed by atoms with van der Waals surface area (Å²) in [5, 5.41) is 3.99. The largest absolute Gasteiger partial charge is 0.334 e. The number of para-hydroxylation sites is 2. The molecule has 0 fully saturated rings. The van der Waals surface area contributed by atoms with E-state index in [1.54, 1.807) is 12.5 Å². The monoisotopic (exact) mass is 364 g/mol.